The summed E-state index contributed by atoms with van der Waals surface area (Å²) in [5.41, 5.74) is 6.94. The van der Waals surface area contributed by atoms with E-state index in [1.165, 1.54) is 4.90 Å². The molecule has 3 aromatic rings. The number of hydrogen-bond acceptors (Lipinski definition) is 8. The van der Waals surface area contributed by atoms with Crippen molar-refractivity contribution < 1.29 is 18.8 Å². The number of amides is 3. The van der Waals surface area contributed by atoms with Gasteiger partial charge in [0.1, 0.15) is 16.4 Å². The molecule has 8 nitrogen and oxygen atoms in total. The van der Waals surface area contributed by atoms with Crippen LogP contribution in [-0.2, 0) is 14.4 Å². The second kappa shape index (κ2) is 11.1. The molecule has 34 heavy (non-hydrogen) atoms. The number of hydrogen-bond donors (Lipinski definition) is 2. The third-order valence-corrected chi connectivity index (χ3v) is 6.68. The summed E-state index contributed by atoms with van der Waals surface area (Å²) in [6.07, 6.45) is 5.29. The highest BCUT2D eigenvalue weighted by atomic mass is 32.2. The van der Waals surface area contributed by atoms with Crippen molar-refractivity contribution in [1.29, 1.82) is 0 Å². The lowest BCUT2D eigenvalue weighted by Gasteiger charge is -2.14. The highest BCUT2D eigenvalue weighted by Gasteiger charge is 2.33. The van der Waals surface area contributed by atoms with Crippen LogP contribution >= 0.6 is 35.7 Å². The van der Waals surface area contributed by atoms with Crippen molar-refractivity contribution in [2.75, 3.05) is 12.3 Å². The van der Waals surface area contributed by atoms with Crippen molar-refractivity contribution in [3.8, 4) is 0 Å². The summed E-state index contributed by atoms with van der Waals surface area (Å²) in [5, 5.41) is 0.355. The predicted molar refractivity (Wildman–Crippen MR) is 136 cm³/mol. The first kappa shape index (κ1) is 23.7. The molecule has 0 saturated carbocycles. The number of carbonyl (C=O) groups is 3. The molecular weight excluding hydrogens is 492 g/mol. The summed E-state index contributed by atoms with van der Waals surface area (Å²) in [4.78, 5) is 42.8. The van der Waals surface area contributed by atoms with Gasteiger partial charge in [-0.25, -0.2) is 4.98 Å². The average Bonchev–Trinajstić information content (AvgIpc) is 3.38. The number of thiocarbonyl (C=S) groups is 1. The van der Waals surface area contributed by atoms with E-state index in [-0.39, 0.29) is 22.5 Å². The maximum atomic E-state index is 12.6. The molecule has 0 bridgehead atoms. The van der Waals surface area contributed by atoms with E-state index >= 15 is 0 Å². The molecule has 1 fully saturated rings. The van der Waals surface area contributed by atoms with Gasteiger partial charge in [0.25, 0.3) is 17.0 Å². The van der Waals surface area contributed by atoms with Gasteiger partial charge in [-0.2, -0.15) is 0 Å². The van der Waals surface area contributed by atoms with E-state index in [2.05, 4.69) is 15.8 Å². The maximum absolute atomic E-state index is 12.6. The predicted octanol–water partition coefficient (Wildman–Crippen LogP) is 3.52. The third kappa shape index (κ3) is 6.13. The SMILES string of the molecule is O=C(CSc1nc2ccccc2o1)NNC(=O)CN1C(=O)C(=CC=Cc2ccccc2)SC1=S. The van der Waals surface area contributed by atoms with Crippen LogP contribution in [0.2, 0.25) is 0 Å². The van der Waals surface area contributed by atoms with Crippen LogP contribution in [-0.4, -0.2) is 44.2 Å². The number of nitrogens with zero attached hydrogens (tertiary/aromatic N) is 2. The van der Waals surface area contributed by atoms with Gasteiger partial charge in [-0.15, -0.1) is 0 Å². The number of nitrogens with one attached hydrogen (secondary N) is 2. The summed E-state index contributed by atoms with van der Waals surface area (Å²) in [7, 11) is 0. The average molecular weight is 511 g/mol. The van der Waals surface area contributed by atoms with Crippen molar-refractivity contribution in [2.24, 2.45) is 0 Å². The first-order valence-corrected chi connectivity index (χ1v) is 12.2. The molecule has 172 valence electrons. The van der Waals surface area contributed by atoms with Crippen LogP contribution in [0.5, 0.6) is 0 Å². The molecule has 1 aromatic heterocycles. The Balaban J connectivity index is 1.23. The number of allylic oxidation sites excluding steroid dienone is 2. The molecule has 4 rings (SSSR count). The summed E-state index contributed by atoms with van der Waals surface area (Å²) in [5.74, 6) is -1.39. The van der Waals surface area contributed by atoms with E-state index in [0.717, 1.165) is 29.1 Å². The van der Waals surface area contributed by atoms with Gasteiger partial charge in [-0.1, -0.05) is 90.4 Å². The molecule has 11 heteroatoms. The highest BCUT2D eigenvalue weighted by Crippen LogP contribution is 2.30. The van der Waals surface area contributed by atoms with Crippen molar-refractivity contribution in [3.05, 3.63) is 77.2 Å². The monoisotopic (exact) mass is 510 g/mol. The van der Waals surface area contributed by atoms with Crippen LogP contribution in [0, 0.1) is 0 Å². The van der Waals surface area contributed by atoms with Gasteiger partial charge >= 0.3 is 0 Å². The summed E-state index contributed by atoms with van der Waals surface area (Å²) in [6, 6.07) is 16.9. The van der Waals surface area contributed by atoms with E-state index in [0.29, 0.717) is 21.2 Å². The van der Waals surface area contributed by atoms with Crippen molar-refractivity contribution in [2.45, 2.75) is 5.22 Å². The number of rotatable bonds is 7. The standard InChI is InChI=1S/C23H18N4O4S3/c28-19(25-26-20(29)14-33-22-24-16-10-4-5-11-17(16)31-22)13-27-21(30)18(34-23(27)32)12-6-9-15-7-2-1-3-8-15/h1-12H,13-14H2,(H,25,28)(H,26,29). The number of fused-ring (bicyclic) bond motifs is 1. The van der Waals surface area contributed by atoms with Crippen molar-refractivity contribution in [1.82, 2.24) is 20.7 Å². The fraction of sp³-hybridized carbons (Fsp3) is 0.0870. The Bertz CT molecular complexity index is 1270. The number of carbonyl (C=O) groups excluding carboxylic acids is 3. The number of aromatic nitrogens is 1. The van der Waals surface area contributed by atoms with Gasteiger partial charge in [0, 0.05) is 0 Å². The smallest absolute Gasteiger partial charge is 0.266 e. The number of para-hydroxylation sites is 2. The maximum Gasteiger partial charge on any atom is 0.266 e. The molecular formula is C23H18N4O4S3. The molecule has 2 aromatic carbocycles. The Morgan fingerprint density at radius 2 is 1.82 bits per heavy atom. The Hall–Kier alpha value is -3.41. The van der Waals surface area contributed by atoms with Crippen LogP contribution in [0.1, 0.15) is 5.56 Å². The van der Waals surface area contributed by atoms with E-state index in [4.69, 9.17) is 16.6 Å². The minimum absolute atomic E-state index is 0.00928. The van der Waals surface area contributed by atoms with Gasteiger partial charge in [-0.3, -0.25) is 30.1 Å². The lowest BCUT2D eigenvalue weighted by Crippen LogP contribution is -2.47. The quantitative estimate of drug-likeness (QED) is 0.215. The van der Waals surface area contributed by atoms with Crippen LogP contribution < -0.4 is 10.9 Å². The third-order valence-electron chi connectivity index (χ3n) is 4.45. The molecule has 1 saturated heterocycles. The molecule has 0 unspecified atom stereocenters. The Labute approximate surface area is 208 Å². The first-order valence-electron chi connectivity index (χ1n) is 10.0. The number of thioether (sulfide) groups is 2. The summed E-state index contributed by atoms with van der Waals surface area (Å²) >= 11 is 7.45. The topological polar surface area (TPSA) is 105 Å². The zero-order valence-electron chi connectivity index (χ0n) is 17.6. The first-order chi connectivity index (χ1) is 16.5. The van der Waals surface area contributed by atoms with Crippen LogP contribution in [0.25, 0.3) is 17.2 Å². The van der Waals surface area contributed by atoms with E-state index in [1.807, 2.05) is 54.6 Å². The zero-order chi connectivity index (χ0) is 23.9. The summed E-state index contributed by atoms with van der Waals surface area (Å²) in [6.45, 7) is -0.303. The lowest BCUT2D eigenvalue weighted by molar-refractivity contribution is -0.131. The van der Waals surface area contributed by atoms with Crippen molar-refractivity contribution in [3.63, 3.8) is 0 Å². The van der Waals surface area contributed by atoms with Gasteiger partial charge in [0.15, 0.2) is 5.58 Å². The molecule has 2 heterocycles. The lowest BCUT2D eigenvalue weighted by atomic mass is 10.2. The molecule has 2 N–H and O–H groups in total. The van der Waals surface area contributed by atoms with E-state index in [9.17, 15) is 14.4 Å². The minimum Gasteiger partial charge on any atom is -0.431 e. The minimum atomic E-state index is -0.572. The van der Waals surface area contributed by atoms with Gasteiger partial charge < -0.3 is 4.42 Å². The number of oxazole rings is 1. The van der Waals surface area contributed by atoms with Gasteiger partial charge in [-0.05, 0) is 23.8 Å². The summed E-state index contributed by atoms with van der Waals surface area (Å²) < 4.78 is 5.81. The second-order valence-corrected chi connectivity index (χ2v) is 9.49. The molecule has 0 spiro atoms. The Kier molecular flexibility index (Phi) is 7.78. The molecule has 0 atom stereocenters. The molecule has 0 aliphatic carbocycles. The molecule has 0 radical (unpaired) electrons. The molecule has 1 aliphatic rings. The zero-order valence-corrected chi connectivity index (χ0v) is 20.0. The van der Waals surface area contributed by atoms with Crippen molar-refractivity contribution >= 4 is 75.0 Å². The number of hydrazine groups is 1. The number of benzene rings is 2. The molecule has 1 aliphatic heterocycles. The fourth-order valence-electron chi connectivity index (χ4n) is 2.86. The van der Waals surface area contributed by atoms with E-state index < -0.39 is 11.8 Å². The normalized spacial score (nSPS) is 14.9. The highest BCUT2D eigenvalue weighted by molar-refractivity contribution is 8.26. The van der Waals surface area contributed by atoms with Crippen LogP contribution in [0.15, 0.2) is 81.3 Å². The fourth-order valence-corrected chi connectivity index (χ4v) is 4.70. The Morgan fingerprint density at radius 1 is 1.09 bits per heavy atom. The molecule has 3 amide bonds. The van der Waals surface area contributed by atoms with Gasteiger partial charge in [0.2, 0.25) is 5.91 Å². The van der Waals surface area contributed by atoms with Crippen LogP contribution in [0.3, 0.4) is 0 Å². The van der Waals surface area contributed by atoms with Crippen LogP contribution in [0.4, 0.5) is 0 Å². The van der Waals surface area contributed by atoms with Gasteiger partial charge in [0.05, 0.1) is 10.7 Å². The second-order valence-electron chi connectivity index (χ2n) is 6.89. The largest absolute Gasteiger partial charge is 0.431 e. The Morgan fingerprint density at radius 3 is 2.62 bits per heavy atom. The van der Waals surface area contributed by atoms with E-state index in [1.54, 1.807) is 18.2 Å².